The highest BCUT2D eigenvalue weighted by Gasteiger charge is 2.19. The molecular formula is C13H17ClO4S. The van der Waals surface area contributed by atoms with Crippen LogP contribution in [0.4, 0.5) is 0 Å². The van der Waals surface area contributed by atoms with Crippen LogP contribution in [-0.4, -0.2) is 27.7 Å². The van der Waals surface area contributed by atoms with E-state index < -0.39 is 9.05 Å². The summed E-state index contributed by atoms with van der Waals surface area (Å²) >= 11 is 0. The zero-order chi connectivity index (χ0) is 14.0. The van der Waals surface area contributed by atoms with Gasteiger partial charge in [0.05, 0.1) is 11.0 Å². The highest BCUT2D eigenvalue weighted by Crippen LogP contribution is 2.28. The van der Waals surface area contributed by atoms with E-state index in [4.69, 9.17) is 20.2 Å². The summed E-state index contributed by atoms with van der Waals surface area (Å²) in [6.45, 7) is 4.70. The third-order valence-electron chi connectivity index (χ3n) is 3.14. The number of hydrogen-bond donors (Lipinski definition) is 0. The molecule has 4 nitrogen and oxygen atoms in total. The third-order valence-corrected chi connectivity index (χ3v) is 4.73. The van der Waals surface area contributed by atoms with Crippen molar-refractivity contribution >= 4 is 19.7 Å². The zero-order valence-corrected chi connectivity index (χ0v) is 12.6. The van der Waals surface area contributed by atoms with Gasteiger partial charge in [-0.15, -0.1) is 0 Å². The number of aryl methyl sites for hydroxylation is 2. The molecule has 19 heavy (non-hydrogen) atoms. The number of halogens is 1. The lowest BCUT2D eigenvalue weighted by atomic mass is 10.1. The molecule has 0 aliphatic carbocycles. The van der Waals surface area contributed by atoms with Crippen molar-refractivity contribution in [3.63, 3.8) is 0 Å². The number of ether oxygens (including phenoxy) is 2. The molecule has 1 unspecified atom stereocenters. The van der Waals surface area contributed by atoms with Crippen LogP contribution < -0.4 is 4.74 Å². The topological polar surface area (TPSA) is 52.6 Å². The largest absolute Gasteiger partial charge is 0.491 e. The smallest absolute Gasteiger partial charge is 0.261 e. The Labute approximate surface area is 118 Å². The van der Waals surface area contributed by atoms with Gasteiger partial charge in [0, 0.05) is 17.3 Å². The first kappa shape index (κ1) is 14.6. The van der Waals surface area contributed by atoms with Crippen LogP contribution in [0.25, 0.3) is 0 Å². The van der Waals surface area contributed by atoms with E-state index in [2.05, 4.69) is 0 Å². The average molecular weight is 305 g/mol. The molecule has 1 saturated heterocycles. The van der Waals surface area contributed by atoms with Gasteiger partial charge in [-0.3, -0.25) is 0 Å². The summed E-state index contributed by atoms with van der Waals surface area (Å²) in [5, 5.41) is 0. The quantitative estimate of drug-likeness (QED) is 0.803. The maximum Gasteiger partial charge on any atom is 0.261 e. The molecule has 1 aromatic rings. The van der Waals surface area contributed by atoms with E-state index in [0.29, 0.717) is 23.5 Å². The van der Waals surface area contributed by atoms with Gasteiger partial charge in [0.15, 0.2) is 0 Å². The van der Waals surface area contributed by atoms with Crippen molar-refractivity contribution in [2.75, 3.05) is 13.2 Å². The minimum Gasteiger partial charge on any atom is -0.491 e. The second-order valence-electron chi connectivity index (χ2n) is 4.77. The lowest BCUT2D eigenvalue weighted by molar-refractivity contribution is 0.0679. The summed E-state index contributed by atoms with van der Waals surface area (Å²) in [5.74, 6) is 0.648. The van der Waals surface area contributed by atoms with E-state index >= 15 is 0 Å². The number of rotatable bonds is 4. The number of benzene rings is 1. The van der Waals surface area contributed by atoms with Gasteiger partial charge >= 0.3 is 0 Å². The molecule has 1 fully saturated rings. The molecule has 6 heteroatoms. The second kappa shape index (κ2) is 5.69. The molecule has 0 amide bonds. The second-order valence-corrected chi connectivity index (χ2v) is 7.27. The van der Waals surface area contributed by atoms with Crippen LogP contribution in [0.2, 0.25) is 0 Å². The van der Waals surface area contributed by atoms with E-state index in [9.17, 15) is 8.42 Å². The summed E-state index contributed by atoms with van der Waals surface area (Å²) in [6.07, 6.45) is 2.21. The van der Waals surface area contributed by atoms with Crippen molar-refractivity contribution in [3.05, 3.63) is 23.3 Å². The van der Waals surface area contributed by atoms with Crippen molar-refractivity contribution in [2.45, 2.75) is 37.7 Å². The van der Waals surface area contributed by atoms with Gasteiger partial charge in [0.2, 0.25) is 0 Å². The summed E-state index contributed by atoms with van der Waals surface area (Å²) in [6, 6.07) is 3.38. The SMILES string of the molecule is Cc1cc(OCC2CCCO2)cc(C)c1S(=O)(=O)Cl. The van der Waals surface area contributed by atoms with Crippen LogP contribution in [0.3, 0.4) is 0 Å². The Hall–Kier alpha value is -0.780. The first-order chi connectivity index (χ1) is 8.88. The van der Waals surface area contributed by atoms with Gasteiger partial charge in [0.1, 0.15) is 12.4 Å². The van der Waals surface area contributed by atoms with Crippen LogP contribution in [-0.2, 0) is 13.8 Å². The lowest BCUT2D eigenvalue weighted by Crippen LogP contribution is -2.16. The van der Waals surface area contributed by atoms with Crippen molar-refractivity contribution in [3.8, 4) is 5.75 Å². The highest BCUT2D eigenvalue weighted by atomic mass is 35.7. The van der Waals surface area contributed by atoms with E-state index in [1.54, 1.807) is 26.0 Å². The third kappa shape index (κ3) is 3.61. The van der Waals surface area contributed by atoms with Crippen LogP contribution in [0.5, 0.6) is 5.75 Å². The predicted octanol–water partition coefficient (Wildman–Crippen LogP) is 2.79. The van der Waals surface area contributed by atoms with Crippen molar-refractivity contribution in [2.24, 2.45) is 0 Å². The molecule has 0 bridgehead atoms. The van der Waals surface area contributed by atoms with Crippen LogP contribution in [0.1, 0.15) is 24.0 Å². The molecule has 0 aromatic heterocycles. The Balaban J connectivity index is 2.15. The van der Waals surface area contributed by atoms with Gasteiger partial charge in [-0.05, 0) is 49.9 Å². The fraction of sp³-hybridized carbons (Fsp3) is 0.538. The Morgan fingerprint density at radius 3 is 2.47 bits per heavy atom. The summed E-state index contributed by atoms with van der Waals surface area (Å²) in [4.78, 5) is 0.165. The summed E-state index contributed by atoms with van der Waals surface area (Å²) in [7, 11) is 1.69. The van der Waals surface area contributed by atoms with E-state index in [0.717, 1.165) is 19.4 Å². The van der Waals surface area contributed by atoms with Crippen molar-refractivity contribution in [1.82, 2.24) is 0 Å². The van der Waals surface area contributed by atoms with Crippen molar-refractivity contribution < 1.29 is 17.9 Å². The predicted molar refractivity (Wildman–Crippen MR) is 73.4 cm³/mol. The molecular weight excluding hydrogens is 288 g/mol. The zero-order valence-electron chi connectivity index (χ0n) is 11.0. The maximum absolute atomic E-state index is 11.5. The Kier molecular flexibility index (Phi) is 4.38. The minimum absolute atomic E-state index is 0.136. The average Bonchev–Trinajstić information content (AvgIpc) is 2.76. The van der Waals surface area contributed by atoms with Crippen LogP contribution >= 0.6 is 10.7 Å². The fourth-order valence-corrected chi connectivity index (χ4v) is 3.96. The first-order valence-electron chi connectivity index (χ1n) is 6.18. The normalized spacial score (nSPS) is 19.6. The van der Waals surface area contributed by atoms with E-state index in [-0.39, 0.29) is 11.0 Å². The molecule has 1 atom stereocenters. The van der Waals surface area contributed by atoms with E-state index in [1.807, 2.05) is 0 Å². The van der Waals surface area contributed by atoms with Gasteiger partial charge in [0.25, 0.3) is 9.05 Å². The molecule has 1 heterocycles. The highest BCUT2D eigenvalue weighted by molar-refractivity contribution is 8.13. The van der Waals surface area contributed by atoms with Gasteiger partial charge in [-0.2, -0.15) is 0 Å². The van der Waals surface area contributed by atoms with Gasteiger partial charge in [-0.25, -0.2) is 8.42 Å². The molecule has 0 spiro atoms. The minimum atomic E-state index is -3.72. The fourth-order valence-electron chi connectivity index (χ4n) is 2.34. The van der Waals surface area contributed by atoms with Crippen LogP contribution in [0.15, 0.2) is 17.0 Å². The molecule has 0 radical (unpaired) electrons. The maximum atomic E-state index is 11.5. The molecule has 0 N–H and O–H groups in total. The molecule has 1 aromatic carbocycles. The molecule has 1 aliphatic rings. The standard InChI is InChI=1S/C13H17ClO4S/c1-9-6-12(18-8-11-4-3-5-17-11)7-10(2)13(9)19(14,15)16/h6-7,11H,3-5,8H2,1-2H3. The summed E-state index contributed by atoms with van der Waals surface area (Å²) in [5.41, 5.74) is 1.19. The monoisotopic (exact) mass is 304 g/mol. The van der Waals surface area contributed by atoms with Crippen LogP contribution in [0, 0.1) is 13.8 Å². The molecule has 2 rings (SSSR count). The van der Waals surface area contributed by atoms with Gasteiger partial charge in [-0.1, -0.05) is 0 Å². The Morgan fingerprint density at radius 1 is 1.37 bits per heavy atom. The molecule has 106 valence electrons. The Morgan fingerprint density at radius 2 is 2.00 bits per heavy atom. The van der Waals surface area contributed by atoms with Gasteiger partial charge < -0.3 is 9.47 Å². The molecule has 1 aliphatic heterocycles. The summed E-state index contributed by atoms with van der Waals surface area (Å²) < 4.78 is 34.0. The first-order valence-corrected chi connectivity index (χ1v) is 8.49. The van der Waals surface area contributed by atoms with Crippen molar-refractivity contribution in [1.29, 1.82) is 0 Å². The lowest BCUT2D eigenvalue weighted by Gasteiger charge is -2.14. The molecule has 0 saturated carbocycles. The Bertz CT molecular complexity index is 539. The number of hydrogen-bond acceptors (Lipinski definition) is 4. The van der Waals surface area contributed by atoms with E-state index in [1.165, 1.54) is 0 Å².